The molecular weight excluding hydrogens is 252 g/mol. The van der Waals surface area contributed by atoms with Crippen molar-refractivity contribution in [1.29, 1.82) is 0 Å². The molecular formula is C13H19BrO. The highest BCUT2D eigenvalue weighted by molar-refractivity contribution is 9.09. The van der Waals surface area contributed by atoms with E-state index in [1.165, 1.54) is 19.3 Å². The molecule has 5 saturated carbocycles. The van der Waals surface area contributed by atoms with Gasteiger partial charge in [-0.05, 0) is 48.3 Å². The van der Waals surface area contributed by atoms with Crippen molar-refractivity contribution in [2.24, 2.45) is 35.5 Å². The monoisotopic (exact) mass is 270 g/mol. The van der Waals surface area contributed by atoms with Crippen molar-refractivity contribution >= 4 is 15.9 Å². The van der Waals surface area contributed by atoms with E-state index in [1.807, 2.05) is 0 Å². The molecule has 84 valence electrons. The molecule has 15 heavy (non-hydrogen) atoms. The molecule has 0 amide bonds. The van der Waals surface area contributed by atoms with E-state index in [0.717, 1.165) is 36.0 Å². The molecule has 0 aromatic rings. The Morgan fingerprint density at radius 2 is 2.07 bits per heavy atom. The van der Waals surface area contributed by atoms with Gasteiger partial charge >= 0.3 is 0 Å². The zero-order valence-electron chi connectivity index (χ0n) is 9.20. The van der Waals surface area contributed by atoms with Crippen molar-refractivity contribution in [3.05, 3.63) is 0 Å². The van der Waals surface area contributed by atoms with Crippen molar-refractivity contribution in [2.75, 3.05) is 0 Å². The molecule has 5 aliphatic carbocycles. The van der Waals surface area contributed by atoms with E-state index < -0.39 is 0 Å². The van der Waals surface area contributed by atoms with E-state index in [2.05, 4.69) is 22.9 Å². The van der Waals surface area contributed by atoms with Gasteiger partial charge in [0.2, 0.25) is 0 Å². The number of halogens is 1. The molecule has 5 fully saturated rings. The fourth-order valence-electron chi connectivity index (χ4n) is 5.62. The lowest BCUT2D eigenvalue weighted by molar-refractivity contribution is -0.0229. The first-order valence-corrected chi connectivity index (χ1v) is 7.48. The molecule has 0 saturated heterocycles. The molecule has 5 rings (SSSR count). The van der Waals surface area contributed by atoms with Crippen molar-refractivity contribution in [1.82, 2.24) is 0 Å². The number of hydrogen-bond acceptors (Lipinski definition) is 1. The fourth-order valence-corrected chi connectivity index (χ4v) is 6.89. The van der Waals surface area contributed by atoms with Crippen LogP contribution in [-0.2, 0) is 0 Å². The summed E-state index contributed by atoms with van der Waals surface area (Å²) < 4.78 is 0. The summed E-state index contributed by atoms with van der Waals surface area (Å²) in [6, 6.07) is 0. The Morgan fingerprint density at radius 1 is 1.27 bits per heavy atom. The van der Waals surface area contributed by atoms with E-state index in [1.54, 1.807) is 0 Å². The Hall–Kier alpha value is 0.440. The number of alkyl halides is 1. The maximum absolute atomic E-state index is 10.9. The molecule has 2 heteroatoms. The fraction of sp³-hybridized carbons (Fsp3) is 1.00. The molecule has 1 N–H and O–H groups in total. The number of aliphatic hydroxyl groups is 1. The van der Waals surface area contributed by atoms with E-state index in [9.17, 15) is 5.11 Å². The number of unbranched alkanes of at least 4 members (excludes halogenated alkanes) is 1. The van der Waals surface area contributed by atoms with Gasteiger partial charge in [0.25, 0.3) is 0 Å². The minimum atomic E-state index is -0.336. The highest BCUT2D eigenvalue weighted by Crippen LogP contribution is 2.84. The van der Waals surface area contributed by atoms with Gasteiger partial charge in [-0.2, -0.15) is 0 Å². The second-order valence-corrected chi connectivity index (χ2v) is 7.30. The van der Waals surface area contributed by atoms with Gasteiger partial charge in [0, 0.05) is 4.83 Å². The van der Waals surface area contributed by atoms with Gasteiger partial charge in [-0.1, -0.05) is 35.7 Å². The molecule has 1 nitrogen and oxygen atoms in total. The third kappa shape index (κ3) is 0.845. The van der Waals surface area contributed by atoms with Crippen LogP contribution in [0.4, 0.5) is 0 Å². The molecule has 0 heterocycles. The summed E-state index contributed by atoms with van der Waals surface area (Å²) in [6.07, 6.45) is 4.88. The molecule has 5 aliphatic rings. The zero-order chi connectivity index (χ0) is 10.4. The van der Waals surface area contributed by atoms with E-state index >= 15 is 0 Å². The predicted molar refractivity (Wildman–Crippen MR) is 62.7 cm³/mol. The van der Waals surface area contributed by atoms with Gasteiger partial charge in [0.15, 0.2) is 0 Å². The molecule has 6 unspecified atom stereocenters. The summed E-state index contributed by atoms with van der Waals surface area (Å²) in [6.45, 7) is 2.22. The smallest absolute Gasteiger partial charge is 0.0808 e. The largest absolute Gasteiger partial charge is 0.388 e. The quantitative estimate of drug-likeness (QED) is 0.783. The summed E-state index contributed by atoms with van der Waals surface area (Å²) in [4.78, 5) is 0.417. The van der Waals surface area contributed by atoms with Gasteiger partial charge < -0.3 is 5.11 Å². The van der Waals surface area contributed by atoms with E-state index in [4.69, 9.17) is 0 Å². The first kappa shape index (κ1) is 9.47. The van der Waals surface area contributed by atoms with Crippen LogP contribution in [0.1, 0.15) is 32.6 Å². The summed E-state index contributed by atoms with van der Waals surface area (Å²) in [7, 11) is 0. The number of rotatable bonds is 3. The van der Waals surface area contributed by atoms with E-state index in [0.29, 0.717) is 10.7 Å². The Labute approximate surface area is 99.8 Å². The molecule has 6 bridgehead atoms. The van der Waals surface area contributed by atoms with Crippen LogP contribution in [0.5, 0.6) is 0 Å². The first-order chi connectivity index (χ1) is 7.20. The third-order valence-corrected chi connectivity index (χ3v) is 7.38. The van der Waals surface area contributed by atoms with Crippen LogP contribution >= 0.6 is 15.9 Å². The van der Waals surface area contributed by atoms with Crippen LogP contribution in [0.2, 0.25) is 0 Å². The van der Waals surface area contributed by atoms with Crippen molar-refractivity contribution in [3.63, 3.8) is 0 Å². The molecule has 0 aliphatic heterocycles. The highest BCUT2D eigenvalue weighted by Gasteiger charge is 2.83. The van der Waals surface area contributed by atoms with Gasteiger partial charge in [0.05, 0.1) is 5.60 Å². The lowest BCUT2D eigenvalue weighted by Crippen LogP contribution is -2.45. The minimum absolute atomic E-state index is 0.336. The lowest BCUT2D eigenvalue weighted by atomic mass is 9.80. The zero-order valence-corrected chi connectivity index (χ0v) is 10.8. The van der Waals surface area contributed by atoms with E-state index in [-0.39, 0.29) is 5.60 Å². The number of hydrogen-bond donors (Lipinski definition) is 1. The van der Waals surface area contributed by atoms with Crippen LogP contribution < -0.4 is 0 Å². The SMILES string of the molecule is CCCC[C@@]1(O)C2C3CC4C(C42)C3[C@@H]1Br. The normalized spacial score (nSPS) is 67.8. The van der Waals surface area contributed by atoms with Crippen molar-refractivity contribution in [2.45, 2.75) is 43.0 Å². The standard InChI is InChI=1S/C13H19BrO/c1-2-3-4-13(15)11-7-5-6-8(9(6)11)10(7)12(13)14/h6-12,15H,2-5H2,1H3/t6?,7?,8?,9?,10?,11?,12-,13+/m0/s1. The topological polar surface area (TPSA) is 20.2 Å². The maximum atomic E-state index is 10.9. The van der Waals surface area contributed by atoms with Crippen molar-refractivity contribution in [3.8, 4) is 0 Å². The first-order valence-electron chi connectivity index (χ1n) is 6.56. The van der Waals surface area contributed by atoms with Gasteiger partial charge in [0.1, 0.15) is 0 Å². The predicted octanol–water partition coefficient (Wildman–Crippen LogP) is 2.81. The third-order valence-electron chi connectivity index (χ3n) is 5.97. The summed E-state index contributed by atoms with van der Waals surface area (Å²) >= 11 is 3.83. The van der Waals surface area contributed by atoms with Crippen LogP contribution in [0.15, 0.2) is 0 Å². The van der Waals surface area contributed by atoms with Crippen LogP contribution in [0.25, 0.3) is 0 Å². The van der Waals surface area contributed by atoms with Crippen LogP contribution in [-0.4, -0.2) is 15.5 Å². The summed E-state index contributed by atoms with van der Waals surface area (Å²) in [5, 5.41) is 10.9. The summed E-state index contributed by atoms with van der Waals surface area (Å²) in [5.41, 5.74) is -0.336. The minimum Gasteiger partial charge on any atom is -0.388 e. The molecule has 8 atom stereocenters. The van der Waals surface area contributed by atoms with Crippen LogP contribution in [0.3, 0.4) is 0 Å². The Balaban J connectivity index is 1.66. The van der Waals surface area contributed by atoms with Crippen LogP contribution in [0, 0.1) is 35.5 Å². The molecule has 0 radical (unpaired) electrons. The van der Waals surface area contributed by atoms with Gasteiger partial charge in [-0.15, -0.1) is 0 Å². The summed E-state index contributed by atoms with van der Waals surface area (Å²) in [5.74, 6) is 5.39. The molecule has 0 aromatic heterocycles. The van der Waals surface area contributed by atoms with Gasteiger partial charge in [-0.3, -0.25) is 0 Å². The lowest BCUT2D eigenvalue weighted by Gasteiger charge is -2.36. The maximum Gasteiger partial charge on any atom is 0.0808 e. The Morgan fingerprint density at radius 3 is 2.67 bits per heavy atom. The second kappa shape index (κ2) is 2.64. The molecule has 0 spiro atoms. The average molecular weight is 271 g/mol. The Kier molecular flexibility index (Phi) is 1.67. The molecule has 0 aromatic carbocycles. The van der Waals surface area contributed by atoms with Gasteiger partial charge in [-0.25, -0.2) is 0 Å². The van der Waals surface area contributed by atoms with Crippen molar-refractivity contribution < 1.29 is 5.11 Å². The Bertz CT molecular complexity index is 318. The average Bonchev–Trinajstić information content (AvgIpc) is 2.62. The highest BCUT2D eigenvalue weighted by atomic mass is 79.9. The second-order valence-electron chi connectivity index (χ2n) is 6.32.